The molecule has 0 saturated carbocycles. The van der Waals surface area contributed by atoms with E-state index in [-0.39, 0.29) is 17.3 Å². The molecule has 0 bridgehead atoms. The summed E-state index contributed by atoms with van der Waals surface area (Å²) >= 11 is 7.46. The lowest BCUT2D eigenvalue weighted by Crippen LogP contribution is -2.37. The number of hydrogen-bond donors (Lipinski definition) is 0. The first-order chi connectivity index (χ1) is 19.5. The van der Waals surface area contributed by atoms with Gasteiger partial charge >= 0.3 is 0 Å². The van der Waals surface area contributed by atoms with Gasteiger partial charge in [0.05, 0.1) is 13.2 Å². The zero-order chi connectivity index (χ0) is 28.8. The van der Waals surface area contributed by atoms with Crippen molar-refractivity contribution in [2.24, 2.45) is 0 Å². The van der Waals surface area contributed by atoms with E-state index in [0.717, 1.165) is 37.0 Å². The van der Waals surface area contributed by atoms with E-state index >= 15 is 0 Å². The number of amides is 1. The van der Waals surface area contributed by atoms with Crippen molar-refractivity contribution in [2.75, 3.05) is 49.0 Å². The topological polar surface area (TPSA) is 67.2 Å². The van der Waals surface area contributed by atoms with Gasteiger partial charge in [0.25, 0.3) is 5.56 Å². The highest BCUT2D eigenvalue weighted by Gasteiger charge is 2.18. The van der Waals surface area contributed by atoms with Crippen molar-refractivity contribution in [3.63, 3.8) is 0 Å². The predicted molar refractivity (Wildman–Crippen MR) is 170 cm³/mol. The highest BCUT2D eigenvalue weighted by molar-refractivity contribution is 7.26. The number of rotatable bonds is 4. The number of aromatic nitrogens is 2. The summed E-state index contributed by atoms with van der Waals surface area (Å²) in [6.45, 7) is 10.7. The molecule has 0 unspecified atom stereocenters. The van der Waals surface area contributed by atoms with Crippen LogP contribution < -0.4 is 15.4 Å². The van der Waals surface area contributed by atoms with Gasteiger partial charge in [-0.3, -0.25) is 14.0 Å². The van der Waals surface area contributed by atoms with E-state index in [2.05, 4.69) is 17.0 Å². The Morgan fingerprint density at radius 1 is 1.00 bits per heavy atom. The largest absolute Gasteiger partial charge is 0.378 e. The van der Waals surface area contributed by atoms with Gasteiger partial charge < -0.3 is 14.5 Å². The summed E-state index contributed by atoms with van der Waals surface area (Å²) in [6.07, 6.45) is 1.76. The standard InChI is InChI=1S/C27H23ClN4O3S.2C2H6/c1-30(25(34)16-28)17-7-8-22-21(14-17)19-5-2-4-18(26(19)36-22)20-6-3-9-32-24(33)15-23(29-27(20)32)31-10-12-35-13-11-31;2*1-2/h2-9,14-15H,10-13,16H2,1H3;2*1-2H3. The van der Waals surface area contributed by atoms with E-state index in [1.165, 1.54) is 0 Å². The summed E-state index contributed by atoms with van der Waals surface area (Å²) < 4.78 is 9.30. The maximum atomic E-state index is 13.0. The van der Waals surface area contributed by atoms with Crippen LogP contribution in [0.1, 0.15) is 27.7 Å². The van der Waals surface area contributed by atoms with Gasteiger partial charge in [-0.2, -0.15) is 0 Å². The molecule has 40 heavy (non-hydrogen) atoms. The number of pyridine rings is 1. The number of carbonyl (C=O) groups is 1. The van der Waals surface area contributed by atoms with Crippen LogP contribution in [0.5, 0.6) is 0 Å². The highest BCUT2D eigenvalue weighted by atomic mass is 35.5. The number of ether oxygens (including phenoxy) is 1. The summed E-state index contributed by atoms with van der Waals surface area (Å²) in [4.78, 5) is 33.8. The van der Waals surface area contributed by atoms with Crippen molar-refractivity contribution in [1.82, 2.24) is 9.38 Å². The van der Waals surface area contributed by atoms with Gasteiger partial charge in [-0.1, -0.05) is 45.9 Å². The minimum Gasteiger partial charge on any atom is -0.378 e. The molecule has 0 spiro atoms. The Hall–Kier alpha value is -3.46. The van der Waals surface area contributed by atoms with Gasteiger partial charge in [0.1, 0.15) is 17.3 Å². The highest BCUT2D eigenvalue weighted by Crippen LogP contribution is 2.41. The van der Waals surface area contributed by atoms with Gasteiger partial charge in [-0.05, 0) is 30.3 Å². The SMILES string of the molecule is CC.CC.CN(C(=O)CCl)c1ccc2sc3c(-c4cccn5c(=O)cc(N6CCOCC6)nc45)cccc3c2c1. The van der Waals surface area contributed by atoms with Crippen LogP contribution in [0, 0.1) is 0 Å². The molecule has 6 rings (SSSR count). The van der Waals surface area contributed by atoms with Crippen molar-refractivity contribution in [3.8, 4) is 11.1 Å². The minimum absolute atomic E-state index is 0.0665. The fourth-order valence-corrected chi connectivity index (χ4v) is 6.11. The maximum Gasteiger partial charge on any atom is 0.259 e. The second kappa shape index (κ2) is 13.3. The van der Waals surface area contributed by atoms with Crippen LogP contribution in [0.15, 0.2) is 65.6 Å². The molecule has 1 fully saturated rings. The zero-order valence-electron chi connectivity index (χ0n) is 23.6. The summed E-state index contributed by atoms with van der Waals surface area (Å²) in [7, 11) is 1.73. The van der Waals surface area contributed by atoms with Crippen LogP contribution >= 0.6 is 22.9 Å². The van der Waals surface area contributed by atoms with Crippen LogP contribution in [-0.2, 0) is 9.53 Å². The van der Waals surface area contributed by atoms with Crippen molar-refractivity contribution < 1.29 is 9.53 Å². The molecular formula is C31H35ClN4O3S. The molecule has 0 N–H and O–H groups in total. The van der Waals surface area contributed by atoms with E-state index in [9.17, 15) is 9.59 Å². The number of alkyl halides is 1. The fraction of sp³-hybridized carbons (Fsp3) is 0.323. The molecule has 9 heteroatoms. The number of anilines is 2. The molecule has 1 saturated heterocycles. The molecular weight excluding hydrogens is 544 g/mol. The fourth-order valence-electron chi connectivity index (χ4n) is 4.72. The van der Waals surface area contributed by atoms with Crippen LogP contribution in [0.3, 0.4) is 0 Å². The molecule has 1 aliphatic heterocycles. The Balaban J connectivity index is 0.000000886. The molecule has 1 amide bonds. The number of halogens is 1. The van der Waals surface area contributed by atoms with Gasteiger partial charge in [0.2, 0.25) is 5.91 Å². The lowest BCUT2D eigenvalue weighted by Gasteiger charge is -2.27. The monoisotopic (exact) mass is 578 g/mol. The molecule has 1 aliphatic rings. The molecule has 3 aromatic heterocycles. The van der Waals surface area contributed by atoms with Crippen molar-refractivity contribution in [2.45, 2.75) is 27.7 Å². The number of benzene rings is 2. The third-order valence-electron chi connectivity index (χ3n) is 6.66. The molecule has 210 valence electrons. The number of hydrogen-bond acceptors (Lipinski definition) is 6. The Morgan fingerprint density at radius 2 is 1.73 bits per heavy atom. The second-order valence-corrected chi connectivity index (χ2v) is 10.0. The van der Waals surface area contributed by atoms with Crippen LogP contribution in [0.2, 0.25) is 0 Å². The summed E-state index contributed by atoms with van der Waals surface area (Å²) in [5, 5.41) is 2.16. The first kappa shape index (κ1) is 29.5. The molecule has 0 radical (unpaired) electrons. The number of morpholine rings is 1. The zero-order valence-corrected chi connectivity index (χ0v) is 25.2. The Labute approximate surface area is 243 Å². The second-order valence-electron chi connectivity index (χ2n) is 8.72. The average molecular weight is 579 g/mol. The van der Waals surface area contributed by atoms with E-state index in [4.69, 9.17) is 21.3 Å². The molecule has 0 aliphatic carbocycles. The summed E-state index contributed by atoms with van der Waals surface area (Å²) in [5.74, 6) is 0.457. The van der Waals surface area contributed by atoms with Gasteiger partial charge in [-0.15, -0.1) is 22.9 Å². The van der Waals surface area contributed by atoms with Gasteiger partial charge in [-0.25, -0.2) is 4.98 Å². The average Bonchev–Trinajstić information content (AvgIpc) is 3.40. The number of fused-ring (bicyclic) bond motifs is 4. The Morgan fingerprint density at radius 3 is 2.45 bits per heavy atom. The molecule has 5 aromatic rings. The number of nitrogens with zero attached hydrogens (tertiary/aromatic N) is 4. The quantitative estimate of drug-likeness (QED) is 0.219. The minimum atomic E-state index is -0.153. The van der Waals surface area contributed by atoms with Crippen molar-refractivity contribution >= 4 is 66.2 Å². The van der Waals surface area contributed by atoms with E-state index in [1.807, 2.05) is 64.1 Å². The van der Waals surface area contributed by atoms with Crippen molar-refractivity contribution in [1.29, 1.82) is 0 Å². The van der Waals surface area contributed by atoms with Crippen LogP contribution in [0.25, 0.3) is 36.9 Å². The third kappa shape index (κ3) is 5.57. The summed E-state index contributed by atoms with van der Waals surface area (Å²) in [5.41, 5.74) is 3.24. The normalized spacial score (nSPS) is 13.0. The molecule has 4 heterocycles. The predicted octanol–water partition coefficient (Wildman–Crippen LogP) is 6.82. The Kier molecular flexibility index (Phi) is 9.79. The third-order valence-corrected chi connectivity index (χ3v) is 8.11. The van der Waals surface area contributed by atoms with Crippen LogP contribution in [-0.4, -0.2) is 54.5 Å². The molecule has 0 atom stereocenters. The van der Waals surface area contributed by atoms with E-state index < -0.39 is 0 Å². The molecule has 7 nitrogen and oxygen atoms in total. The first-order valence-electron chi connectivity index (χ1n) is 13.7. The van der Waals surface area contributed by atoms with Gasteiger partial charge in [0, 0.05) is 69.4 Å². The van der Waals surface area contributed by atoms with Crippen molar-refractivity contribution in [3.05, 3.63) is 71.1 Å². The van der Waals surface area contributed by atoms with E-state index in [1.54, 1.807) is 39.9 Å². The number of thiophene rings is 1. The lowest BCUT2D eigenvalue weighted by atomic mass is 10.0. The summed E-state index contributed by atoms with van der Waals surface area (Å²) in [6, 6.07) is 17.7. The maximum absolute atomic E-state index is 13.0. The smallest absolute Gasteiger partial charge is 0.259 e. The first-order valence-corrected chi connectivity index (χ1v) is 15.0. The van der Waals surface area contributed by atoms with Gasteiger partial charge in [0.15, 0.2) is 0 Å². The Bertz CT molecular complexity index is 1690. The van der Waals surface area contributed by atoms with Crippen LogP contribution in [0.4, 0.5) is 11.5 Å². The molecule has 2 aromatic carbocycles. The van der Waals surface area contributed by atoms with E-state index in [0.29, 0.717) is 37.8 Å². The lowest BCUT2D eigenvalue weighted by molar-refractivity contribution is -0.116. The number of carbonyl (C=O) groups excluding carboxylic acids is 1.